The Morgan fingerprint density at radius 3 is 2.77 bits per heavy atom. The smallest absolute Gasteiger partial charge is 0.303 e. The Hall–Kier alpha value is -2.75. The zero-order valence-electron chi connectivity index (χ0n) is 18.9. The van der Waals surface area contributed by atoms with Crippen molar-refractivity contribution in [1.29, 1.82) is 0 Å². The van der Waals surface area contributed by atoms with Crippen LogP contribution in [0.1, 0.15) is 56.9 Å². The van der Waals surface area contributed by atoms with Gasteiger partial charge in [-0.15, -0.1) is 6.58 Å². The Bertz CT molecular complexity index is 1000. The Labute approximate surface area is 184 Å². The van der Waals surface area contributed by atoms with Gasteiger partial charge in [0.25, 0.3) is 0 Å². The number of methoxy groups -OCH3 is 1. The molecule has 0 aliphatic heterocycles. The Morgan fingerprint density at radius 1 is 1.32 bits per heavy atom. The molecule has 4 unspecified atom stereocenters. The summed E-state index contributed by atoms with van der Waals surface area (Å²) >= 11 is 0. The quantitative estimate of drug-likeness (QED) is 0.432. The zero-order chi connectivity index (χ0) is 22.2. The van der Waals surface area contributed by atoms with E-state index in [4.69, 9.17) is 13.9 Å². The fourth-order valence-electron chi connectivity index (χ4n) is 6.26. The van der Waals surface area contributed by atoms with E-state index in [1.165, 1.54) is 18.1 Å². The van der Waals surface area contributed by atoms with Gasteiger partial charge in [-0.3, -0.25) is 4.79 Å². The first kappa shape index (κ1) is 21.5. The van der Waals surface area contributed by atoms with E-state index in [0.717, 1.165) is 42.8 Å². The molecule has 1 heterocycles. The van der Waals surface area contributed by atoms with E-state index in [1.807, 2.05) is 18.2 Å². The number of ether oxygens (including phenoxy) is 2. The molecule has 31 heavy (non-hydrogen) atoms. The topological polar surface area (TPSA) is 48.7 Å². The lowest BCUT2D eigenvalue weighted by Crippen LogP contribution is -2.57. The molecule has 0 N–H and O–H groups in total. The summed E-state index contributed by atoms with van der Waals surface area (Å²) < 4.78 is 17.2. The van der Waals surface area contributed by atoms with E-state index in [9.17, 15) is 4.79 Å². The van der Waals surface area contributed by atoms with E-state index in [1.54, 1.807) is 13.4 Å². The van der Waals surface area contributed by atoms with Crippen molar-refractivity contribution in [2.75, 3.05) is 7.11 Å². The average molecular weight is 421 g/mol. The standard InChI is InChI=1S/C27H32O4/c1-6-13-26(3)24-12-10-19-9-11-21(29-5)16-23(19)27(24,4)17-20(25(26)31-18(2)28)15-22-8-7-14-30-22/h6-9,11,14-16,24-25H,1,10,12-13,17H2,2-5H3/b20-15-. The molecule has 4 heteroatoms. The van der Waals surface area contributed by atoms with E-state index in [2.05, 4.69) is 44.7 Å². The first-order chi connectivity index (χ1) is 14.8. The lowest BCUT2D eigenvalue weighted by atomic mass is 9.47. The highest BCUT2D eigenvalue weighted by Gasteiger charge is 2.58. The third-order valence-electron chi connectivity index (χ3n) is 7.45. The number of fused-ring (bicyclic) bond motifs is 3. The van der Waals surface area contributed by atoms with Gasteiger partial charge in [-0.1, -0.05) is 26.0 Å². The summed E-state index contributed by atoms with van der Waals surface area (Å²) in [6.45, 7) is 10.2. The van der Waals surface area contributed by atoms with Gasteiger partial charge >= 0.3 is 5.97 Å². The summed E-state index contributed by atoms with van der Waals surface area (Å²) in [5.74, 6) is 1.73. The predicted octanol–water partition coefficient (Wildman–Crippen LogP) is 6.11. The molecule has 2 aliphatic carbocycles. The number of hydrogen-bond donors (Lipinski definition) is 0. The van der Waals surface area contributed by atoms with Crippen LogP contribution in [0.25, 0.3) is 6.08 Å². The Balaban J connectivity index is 1.91. The van der Waals surface area contributed by atoms with Crippen LogP contribution in [0.15, 0.2) is 59.2 Å². The van der Waals surface area contributed by atoms with Gasteiger partial charge in [-0.05, 0) is 78.6 Å². The van der Waals surface area contributed by atoms with Gasteiger partial charge in [-0.2, -0.15) is 0 Å². The van der Waals surface area contributed by atoms with Crippen LogP contribution < -0.4 is 4.74 Å². The van der Waals surface area contributed by atoms with E-state index >= 15 is 0 Å². The van der Waals surface area contributed by atoms with Crippen molar-refractivity contribution in [3.8, 4) is 5.75 Å². The largest absolute Gasteiger partial charge is 0.497 e. The number of esters is 1. The van der Waals surface area contributed by atoms with Crippen LogP contribution in [0.3, 0.4) is 0 Å². The number of aryl methyl sites for hydroxylation is 1. The molecule has 0 amide bonds. The molecule has 0 radical (unpaired) electrons. The average Bonchev–Trinajstić information content (AvgIpc) is 3.24. The van der Waals surface area contributed by atoms with Gasteiger partial charge in [0.15, 0.2) is 0 Å². The van der Waals surface area contributed by atoms with Crippen LogP contribution in [0.5, 0.6) is 5.75 Å². The third kappa shape index (κ3) is 3.62. The minimum Gasteiger partial charge on any atom is -0.497 e. The first-order valence-electron chi connectivity index (χ1n) is 11.0. The van der Waals surface area contributed by atoms with Crippen LogP contribution in [-0.4, -0.2) is 19.2 Å². The molecule has 2 aromatic rings. The van der Waals surface area contributed by atoms with Crippen LogP contribution in [0, 0.1) is 11.3 Å². The number of rotatable bonds is 5. The van der Waals surface area contributed by atoms with Crippen molar-refractivity contribution in [2.24, 2.45) is 11.3 Å². The number of allylic oxidation sites excluding steroid dienone is 1. The minimum atomic E-state index is -0.321. The molecule has 4 atom stereocenters. The Kier molecular flexibility index (Phi) is 5.59. The lowest BCUT2D eigenvalue weighted by molar-refractivity contribution is -0.157. The number of carbonyl (C=O) groups is 1. The molecule has 1 fully saturated rings. The Morgan fingerprint density at radius 2 is 2.13 bits per heavy atom. The first-order valence-corrected chi connectivity index (χ1v) is 11.0. The molecule has 1 saturated carbocycles. The summed E-state index contributed by atoms with van der Waals surface area (Å²) in [6, 6.07) is 10.3. The highest BCUT2D eigenvalue weighted by molar-refractivity contribution is 5.67. The molecule has 164 valence electrons. The summed E-state index contributed by atoms with van der Waals surface area (Å²) in [4.78, 5) is 12.2. The van der Waals surface area contributed by atoms with Crippen molar-refractivity contribution in [1.82, 2.24) is 0 Å². The van der Waals surface area contributed by atoms with E-state index in [0.29, 0.717) is 5.92 Å². The molecular formula is C27H32O4. The fraction of sp³-hybridized carbons (Fsp3) is 0.444. The van der Waals surface area contributed by atoms with Gasteiger partial charge < -0.3 is 13.9 Å². The molecule has 0 bridgehead atoms. The molecule has 0 saturated heterocycles. The van der Waals surface area contributed by atoms with Gasteiger partial charge in [0.1, 0.15) is 17.6 Å². The molecule has 1 aromatic heterocycles. The van der Waals surface area contributed by atoms with Crippen molar-refractivity contribution in [3.63, 3.8) is 0 Å². The van der Waals surface area contributed by atoms with Crippen LogP contribution in [-0.2, 0) is 21.4 Å². The minimum absolute atomic E-state index is 0.116. The predicted molar refractivity (Wildman–Crippen MR) is 122 cm³/mol. The SMILES string of the molecule is C=CCC1(C)C(OC(C)=O)/C(=C\c2ccco2)CC2(C)c3cc(OC)ccc3CCC21. The normalized spacial score (nSPS) is 30.9. The summed E-state index contributed by atoms with van der Waals surface area (Å²) in [5.41, 5.74) is 3.41. The number of benzene rings is 1. The van der Waals surface area contributed by atoms with Crippen LogP contribution in [0.4, 0.5) is 0 Å². The van der Waals surface area contributed by atoms with Crippen molar-refractivity contribution < 1.29 is 18.7 Å². The highest BCUT2D eigenvalue weighted by atomic mass is 16.5. The van der Waals surface area contributed by atoms with E-state index < -0.39 is 0 Å². The van der Waals surface area contributed by atoms with Gasteiger partial charge in [0, 0.05) is 17.8 Å². The number of furan rings is 1. The second kappa shape index (κ2) is 8.07. The monoisotopic (exact) mass is 420 g/mol. The maximum atomic E-state index is 12.2. The van der Waals surface area contributed by atoms with Crippen molar-refractivity contribution in [3.05, 3.63) is 71.7 Å². The summed E-state index contributed by atoms with van der Waals surface area (Å²) in [7, 11) is 1.71. The van der Waals surface area contributed by atoms with Crippen LogP contribution in [0.2, 0.25) is 0 Å². The van der Waals surface area contributed by atoms with Gasteiger partial charge in [0.05, 0.1) is 13.4 Å². The molecule has 4 nitrogen and oxygen atoms in total. The molecule has 1 aromatic carbocycles. The molecule has 0 spiro atoms. The fourth-order valence-corrected chi connectivity index (χ4v) is 6.26. The molecular weight excluding hydrogens is 388 g/mol. The van der Waals surface area contributed by atoms with Crippen molar-refractivity contribution >= 4 is 12.0 Å². The van der Waals surface area contributed by atoms with E-state index in [-0.39, 0.29) is 22.9 Å². The molecule has 2 aliphatic rings. The van der Waals surface area contributed by atoms with Gasteiger partial charge in [-0.25, -0.2) is 0 Å². The maximum Gasteiger partial charge on any atom is 0.303 e. The second-order valence-corrected chi connectivity index (χ2v) is 9.43. The second-order valence-electron chi connectivity index (χ2n) is 9.43. The highest BCUT2D eigenvalue weighted by Crippen LogP contribution is 2.61. The van der Waals surface area contributed by atoms with Crippen LogP contribution >= 0.6 is 0 Å². The lowest BCUT2D eigenvalue weighted by Gasteiger charge is -2.58. The van der Waals surface area contributed by atoms with Gasteiger partial charge in [0.2, 0.25) is 0 Å². The van der Waals surface area contributed by atoms with Crippen molar-refractivity contribution in [2.45, 2.75) is 58.0 Å². The summed E-state index contributed by atoms with van der Waals surface area (Å²) in [6.07, 6.45) is 8.99. The molecule has 4 rings (SSSR count). The summed E-state index contributed by atoms with van der Waals surface area (Å²) in [5, 5.41) is 0. The maximum absolute atomic E-state index is 12.2. The number of carbonyl (C=O) groups excluding carboxylic acids is 1. The number of hydrogen-bond acceptors (Lipinski definition) is 4. The zero-order valence-corrected chi connectivity index (χ0v) is 18.9. The third-order valence-corrected chi connectivity index (χ3v) is 7.45.